The van der Waals surface area contributed by atoms with Crippen LogP contribution in [0, 0.1) is 0 Å². The molecule has 1 heterocycles. The first-order chi connectivity index (χ1) is 32.0. The molecule has 0 N–H and O–H groups in total. The fraction of sp³-hybridized carbons (Fsp3) is 0.0476. The van der Waals surface area contributed by atoms with E-state index in [4.69, 9.17) is 0 Å². The highest BCUT2D eigenvalue weighted by molar-refractivity contribution is 6.22. The Kier molecular flexibility index (Phi) is 8.29. The molecular formula is C63H44N2. The Labute approximate surface area is 378 Å². The van der Waals surface area contributed by atoms with Gasteiger partial charge in [0.2, 0.25) is 0 Å². The SMILES string of the molecule is CC1(C)c2cc(-c3c4ccccc4c(-c4ccc5ccccc5c4)c4ccccc34)ccc2-c2ccc(N(c3ccccc3)c3ccc(-n4c5ccccc5c5ccccc54)cc3)cc21. The van der Waals surface area contributed by atoms with Crippen LogP contribution in [0.4, 0.5) is 17.1 Å². The summed E-state index contributed by atoms with van der Waals surface area (Å²) in [7, 11) is 0. The predicted octanol–water partition coefficient (Wildman–Crippen LogP) is 17.4. The van der Waals surface area contributed by atoms with Gasteiger partial charge in [0.25, 0.3) is 0 Å². The minimum Gasteiger partial charge on any atom is -0.310 e. The quantitative estimate of drug-likeness (QED) is 0.152. The molecule has 306 valence electrons. The van der Waals surface area contributed by atoms with Gasteiger partial charge in [0, 0.05) is 38.9 Å². The van der Waals surface area contributed by atoms with Crippen LogP contribution in [-0.4, -0.2) is 4.57 Å². The molecule has 1 aliphatic rings. The van der Waals surface area contributed by atoms with E-state index in [-0.39, 0.29) is 5.41 Å². The van der Waals surface area contributed by atoms with Crippen LogP contribution >= 0.6 is 0 Å². The molecule has 0 aliphatic heterocycles. The number of aromatic nitrogens is 1. The van der Waals surface area contributed by atoms with Crippen LogP contribution in [0.3, 0.4) is 0 Å². The molecule has 2 nitrogen and oxygen atoms in total. The molecule has 1 aromatic heterocycles. The Hall–Kier alpha value is -8.20. The van der Waals surface area contributed by atoms with Crippen molar-refractivity contribution < 1.29 is 0 Å². The second kappa shape index (κ2) is 14.4. The zero-order valence-electron chi connectivity index (χ0n) is 36.3. The van der Waals surface area contributed by atoms with E-state index < -0.39 is 0 Å². The maximum Gasteiger partial charge on any atom is 0.0541 e. The van der Waals surface area contributed by atoms with E-state index in [2.05, 4.69) is 254 Å². The van der Waals surface area contributed by atoms with Crippen LogP contribution in [0.15, 0.2) is 231 Å². The smallest absolute Gasteiger partial charge is 0.0541 e. The molecule has 0 atom stereocenters. The highest BCUT2D eigenvalue weighted by Gasteiger charge is 2.36. The Bertz CT molecular complexity index is 3740. The summed E-state index contributed by atoms with van der Waals surface area (Å²) in [5.41, 5.74) is 17.1. The lowest BCUT2D eigenvalue weighted by Crippen LogP contribution is -2.16. The van der Waals surface area contributed by atoms with Crippen molar-refractivity contribution in [2.45, 2.75) is 19.3 Å². The zero-order valence-corrected chi connectivity index (χ0v) is 36.3. The fourth-order valence-corrected chi connectivity index (χ4v) is 11.1. The summed E-state index contributed by atoms with van der Waals surface area (Å²) in [5, 5.41) is 10.1. The molecule has 0 bridgehead atoms. The van der Waals surface area contributed by atoms with Gasteiger partial charge < -0.3 is 9.47 Å². The molecule has 12 aromatic rings. The maximum atomic E-state index is 2.49. The van der Waals surface area contributed by atoms with Crippen molar-refractivity contribution in [3.8, 4) is 39.1 Å². The van der Waals surface area contributed by atoms with Gasteiger partial charge in [-0.15, -0.1) is 0 Å². The van der Waals surface area contributed by atoms with Crippen molar-refractivity contribution in [3.05, 3.63) is 242 Å². The molecule has 0 spiro atoms. The number of para-hydroxylation sites is 3. The first-order valence-corrected chi connectivity index (χ1v) is 22.7. The molecule has 1 aliphatic carbocycles. The minimum atomic E-state index is -0.240. The lowest BCUT2D eigenvalue weighted by Gasteiger charge is -2.28. The van der Waals surface area contributed by atoms with E-state index in [1.54, 1.807) is 0 Å². The third-order valence-corrected chi connectivity index (χ3v) is 14.1. The molecule has 11 aromatic carbocycles. The van der Waals surface area contributed by atoms with Gasteiger partial charge in [0.1, 0.15) is 0 Å². The average Bonchev–Trinajstić information content (AvgIpc) is 3.81. The van der Waals surface area contributed by atoms with E-state index in [1.165, 1.54) is 98.6 Å². The molecule has 2 heteroatoms. The number of fused-ring (bicyclic) bond motifs is 9. The van der Waals surface area contributed by atoms with Crippen molar-refractivity contribution in [1.29, 1.82) is 0 Å². The Morgan fingerprint density at radius 2 is 0.785 bits per heavy atom. The second-order valence-corrected chi connectivity index (χ2v) is 18.1. The summed E-state index contributed by atoms with van der Waals surface area (Å²) in [6.45, 7) is 4.80. The summed E-state index contributed by atoms with van der Waals surface area (Å²) in [4.78, 5) is 2.40. The number of hydrogen-bond acceptors (Lipinski definition) is 1. The third-order valence-electron chi connectivity index (χ3n) is 14.1. The number of rotatable bonds is 6. The van der Waals surface area contributed by atoms with Gasteiger partial charge in [-0.3, -0.25) is 0 Å². The largest absolute Gasteiger partial charge is 0.310 e. The van der Waals surface area contributed by atoms with E-state index in [9.17, 15) is 0 Å². The first kappa shape index (κ1) is 37.4. The van der Waals surface area contributed by atoms with Gasteiger partial charge in [-0.25, -0.2) is 0 Å². The molecule has 0 saturated heterocycles. The predicted molar refractivity (Wildman–Crippen MR) is 276 cm³/mol. The van der Waals surface area contributed by atoms with Gasteiger partial charge in [0.15, 0.2) is 0 Å². The standard InChI is InChI=1S/C63H44N2/c1-63(2)57-39-44(62-55-24-10-8-22-53(55)61(54-23-9-11-25-56(54)62)43-29-28-41-16-6-7-17-42(41)38-43)30-36-49(57)50-37-35-48(40-58(50)63)64(45-18-4-3-5-19-45)46-31-33-47(34-32-46)65-59-26-14-12-20-51(59)52-21-13-15-27-60(52)65/h3-40H,1-2H3. The van der Waals surface area contributed by atoms with Crippen LogP contribution in [0.25, 0.3) is 93.2 Å². The summed E-state index contributed by atoms with van der Waals surface area (Å²) in [6, 6.07) is 85.1. The van der Waals surface area contributed by atoms with Crippen LogP contribution in [0.5, 0.6) is 0 Å². The first-order valence-electron chi connectivity index (χ1n) is 22.7. The molecule has 0 radical (unpaired) electrons. The Morgan fingerprint density at radius 1 is 0.338 bits per heavy atom. The van der Waals surface area contributed by atoms with Gasteiger partial charge in [0.05, 0.1) is 11.0 Å². The summed E-state index contributed by atoms with van der Waals surface area (Å²) in [5.74, 6) is 0. The molecule has 0 unspecified atom stereocenters. The number of nitrogens with zero attached hydrogens (tertiary/aromatic N) is 2. The normalized spacial score (nSPS) is 12.9. The van der Waals surface area contributed by atoms with Crippen LogP contribution < -0.4 is 4.90 Å². The van der Waals surface area contributed by atoms with E-state index >= 15 is 0 Å². The van der Waals surface area contributed by atoms with Crippen LogP contribution in [-0.2, 0) is 5.41 Å². The molecular weight excluding hydrogens is 785 g/mol. The molecule has 13 rings (SSSR count). The Balaban J connectivity index is 0.918. The van der Waals surface area contributed by atoms with E-state index in [0.717, 1.165) is 22.7 Å². The van der Waals surface area contributed by atoms with Gasteiger partial charge in [-0.2, -0.15) is 0 Å². The van der Waals surface area contributed by atoms with Crippen molar-refractivity contribution in [3.63, 3.8) is 0 Å². The third kappa shape index (κ3) is 5.74. The lowest BCUT2D eigenvalue weighted by molar-refractivity contribution is 0.660. The van der Waals surface area contributed by atoms with Crippen molar-refractivity contribution in [2.75, 3.05) is 4.90 Å². The number of anilines is 3. The molecule has 0 amide bonds. The van der Waals surface area contributed by atoms with Gasteiger partial charge in [-0.05, 0) is 150 Å². The monoisotopic (exact) mass is 828 g/mol. The van der Waals surface area contributed by atoms with Crippen molar-refractivity contribution in [2.24, 2.45) is 0 Å². The average molecular weight is 829 g/mol. The Morgan fingerprint density at radius 3 is 1.40 bits per heavy atom. The number of hydrogen-bond donors (Lipinski definition) is 0. The topological polar surface area (TPSA) is 8.17 Å². The lowest BCUT2D eigenvalue weighted by atomic mass is 9.80. The van der Waals surface area contributed by atoms with Gasteiger partial charge >= 0.3 is 0 Å². The fourth-order valence-electron chi connectivity index (χ4n) is 11.1. The van der Waals surface area contributed by atoms with E-state index in [1.807, 2.05) is 0 Å². The summed E-state index contributed by atoms with van der Waals surface area (Å²) < 4.78 is 2.38. The number of benzene rings is 11. The molecule has 0 saturated carbocycles. The van der Waals surface area contributed by atoms with Crippen LogP contribution in [0.2, 0.25) is 0 Å². The van der Waals surface area contributed by atoms with E-state index in [0.29, 0.717) is 0 Å². The zero-order chi connectivity index (χ0) is 43.2. The van der Waals surface area contributed by atoms with Crippen molar-refractivity contribution in [1.82, 2.24) is 4.57 Å². The highest BCUT2D eigenvalue weighted by atomic mass is 15.1. The van der Waals surface area contributed by atoms with Crippen LogP contribution in [0.1, 0.15) is 25.0 Å². The maximum absolute atomic E-state index is 2.49. The van der Waals surface area contributed by atoms with Crippen molar-refractivity contribution >= 4 is 71.2 Å². The second-order valence-electron chi connectivity index (χ2n) is 18.1. The summed E-state index contributed by atoms with van der Waals surface area (Å²) >= 11 is 0. The summed E-state index contributed by atoms with van der Waals surface area (Å²) in [6.07, 6.45) is 0. The molecule has 65 heavy (non-hydrogen) atoms. The highest BCUT2D eigenvalue weighted by Crippen LogP contribution is 2.53. The van der Waals surface area contributed by atoms with Gasteiger partial charge in [-0.1, -0.05) is 172 Å². The molecule has 0 fully saturated rings. The minimum absolute atomic E-state index is 0.240.